The zero-order valence-electron chi connectivity index (χ0n) is 11.4. The fourth-order valence-corrected chi connectivity index (χ4v) is 0.459. The molecule has 96 valence electrons. The first kappa shape index (κ1) is 37.3. The van der Waals surface area contributed by atoms with Gasteiger partial charge in [0, 0.05) is 0 Å². The summed E-state index contributed by atoms with van der Waals surface area (Å²) in [6.07, 6.45) is -0.416. The third-order valence-electron chi connectivity index (χ3n) is 1.15. The molecule has 11 heteroatoms. The van der Waals surface area contributed by atoms with Gasteiger partial charge in [0.1, 0.15) is 0 Å². The molecule has 19 heavy (non-hydrogen) atoms. The van der Waals surface area contributed by atoms with Crippen LogP contribution in [0.3, 0.4) is 0 Å². The Morgan fingerprint density at radius 3 is 1.53 bits per heavy atom. The number of rotatable bonds is 7. The molecule has 0 spiro atoms. The molecule has 0 rings (SSSR count). The Morgan fingerprint density at radius 2 is 1.21 bits per heavy atom. The number of hydrogen-bond donors (Lipinski definition) is 0. The molecule has 0 bridgehead atoms. The van der Waals surface area contributed by atoms with E-state index in [1.807, 2.05) is 0 Å². The third-order valence-corrected chi connectivity index (χ3v) is 1.15. The van der Waals surface area contributed by atoms with E-state index in [-0.39, 0.29) is 13.2 Å². The molecule has 0 aromatic heterocycles. The maximum atomic E-state index is 12.4. The van der Waals surface area contributed by atoms with Crippen molar-refractivity contribution in [3.63, 3.8) is 0 Å². The molecule has 0 aliphatic rings. The van der Waals surface area contributed by atoms with E-state index in [0.717, 1.165) is 0 Å². The van der Waals surface area contributed by atoms with E-state index in [9.17, 15) is 17.6 Å². The van der Waals surface area contributed by atoms with Gasteiger partial charge in [0.15, 0.2) is 11.8 Å². The average molecular weight is 1550 g/mol. The summed E-state index contributed by atoms with van der Waals surface area (Å²) in [7, 11) is 0. The summed E-state index contributed by atoms with van der Waals surface area (Å²) in [4.78, 5) is 0. The summed E-state index contributed by atoms with van der Waals surface area (Å²) in [5, 5.41) is 0. The minimum absolute atomic E-state index is 0. The average Bonchev–Trinajstić information content (AvgIpc) is 2.01. The van der Waals surface area contributed by atoms with Crippen LogP contribution >= 0.6 is 0 Å². The maximum Gasteiger partial charge on any atom is 0.153 e. The van der Waals surface area contributed by atoms with Crippen LogP contribution in [0.2, 0.25) is 0 Å². The molecule has 0 fully saturated rings. The van der Waals surface area contributed by atoms with Crippen LogP contribution in [-0.2, 0) is 9.47 Å². The normalized spacial score (nSPS) is 9.79. The van der Waals surface area contributed by atoms with E-state index in [2.05, 4.69) is 9.47 Å². The van der Waals surface area contributed by atoms with E-state index in [0.29, 0.717) is 6.92 Å². The first-order valence-electron chi connectivity index (χ1n) is 3.94. The van der Waals surface area contributed by atoms with Crippen molar-refractivity contribution in [1.29, 1.82) is 0 Å². The van der Waals surface area contributed by atoms with Crippen molar-refractivity contribution in [2.75, 3.05) is 6.79 Å². The number of halogens is 4. The molecule has 0 aromatic rings. The van der Waals surface area contributed by atoms with Crippen molar-refractivity contribution in [3.8, 4) is 0 Å². The molecule has 0 atom stereocenters. The molecular weight excluding hydrogens is 1540 g/mol. The van der Waals surface area contributed by atoms with Gasteiger partial charge in [-0.2, -0.15) is 0 Å². The van der Waals surface area contributed by atoms with E-state index in [1.165, 1.54) is 6.92 Å². The summed E-state index contributed by atoms with van der Waals surface area (Å²) in [6, 6.07) is 0. The minimum Gasteiger partial charge on any atom is -0.528 e. The van der Waals surface area contributed by atoms with Crippen molar-refractivity contribution in [2.45, 2.75) is 32.1 Å². The van der Waals surface area contributed by atoms with Gasteiger partial charge in [-0.3, -0.25) is 0 Å². The predicted molar refractivity (Wildman–Crippen MR) is 41.5 cm³/mol. The topological polar surface area (TPSA) is 18.5 Å². The summed E-state index contributed by atoms with van der Waals surface area (Å²) < 4.78 is 57.3. The monoisotopic (exact) mass is 1550 g/mol. The second-order valence-corrected chi connectivity index (χ2v) is 2.76. The van der Waals surface area contributed by atoms with Crippen LogP contribution in [0.25, 0.3) is 0 Å². The van der Waals surface area contributed by atoms with Gasteiger partial charge >= 0.3 is 0 Å². The zero-order valence-corrected chi connectivity index (χ0v) is 43.4. The Labute approximate surface area is 80.2 Å². The van der Waals surface area contributed by atoms with Crippen molar-refractivity contribution in [3.05, 3.63) is 13.2 Å². The molecule has 0 heterocycles. The molecule has 0 radical (unpaired) electrons. The van der Waals surface area contributed by atoms with Crippen molar-refractivity contribution >= 4 is 0 Å². The fourth-order valence-electron chi connectivity index (χ4n) is 0.459. The van der Waals surface area contributed by atoms with Crippen LogP contribution in [0, 0.1) is 13.2 Å². The molecule has 2 nitrogen and oxygen atoms in total. The minimum atomic E-state index is -3.10. The number of alkyl halides is 4. The second kappa shape index (κ2) is 10.7. The Kier molecular flexibility index (Phi) is 21.1. The van der Waals surface area contributed by atoms with Gasteiger partial charge in [0.05, 0.1) is 6.79 Å². The van der Waals surface area contributed by atoms with Gasteiger partial charge in [-0.15, -0.1) is 13.2 Å². The van der Waals surface area contributed by atoms with Crippen molar-refractivity contribution in [1.82, 2.24) is 0 Å². The maximum absolute atomic E-state index is 12.4. The molecule has 0 saturated carbocycles. The van der Waals surface area contributed by atoms with Gasteiger partial charge in [0.2, 0.25) is 0 Å². The second-order valence-electron chi connectivity index (χ2n) is 2.76. The molecule has 0 aliphatic carbocycles. The SMILES string of the molecule is CCC(F)(F)[CH-]OCO[CH-]C(C)(F)F.[Rf].[Rf].[Rf].[Rf].[Rf]. The molecule has 0 saturated heterocycles. The van der Waals surface area contributed by atoms with Gasteiger partial charge in [-0.25, -0.2) is 17.6 Å². The third kappa shape index (κ3) is 24.5. The van der Waals surface area contributed by atoms with E-state index in [4.69, 9.17) is 0 Å². The van der Waals surface area contributed by atoms with Crippen LogP contribution in [0.15, 0.2) is 0 Å². The summed E-state index contributed by atoms with van der Waals surface area (Å²) >= 11 is 0. The van der Waals surface area contributed by atoms with Gasteiger partial charge in [-0.1, -0.05) is 6.92 Å². The van der Waals surface area contributed by atoms with E-state index >= 15 is 0 Å². The standard InChI is InChI=1S/C8H12F4O2.5Rf/c1-3-8(11,12)5-14-6-13-4-7(2,9)10;;;;;/h4-5H,3,6H2,1-2H3;;;;;/q-2;;;;;. The molecule has 0 aliphatic heterocycles. The predicted octanol–water partition coefficient (Wildman–Crippen LogP) is 3.00. The molecular formula is C8H12F4O2Rf5-2. The summed E-state index contributed by atoms with van der Waals surface area (Å²) in [5.41, 5.74) is 0. The van der Waals surface area contributed by atoms with Gasteiger partial charge in [0.25, 0.3) is 0 Å². The summed E-state index contributed by atoms with van der Waals surface area (Å²) in [6.45, 7) is 1.73. The van der Waals surface area contributed by atoms with Crippen LogP contribution in [-0.4, -0.2) is 18.6 Å². The molecule has 0 N–H and O–H groups in total. The first-order chi connectivity index (χ1) is 6.27. The van der Waals surface area contributed by atoms with Crippen molar-refractivity contribution in [2.24, 2.45) is 0 Å². The summed E-state index contributed by atoms with van der Waals surface area (Å²) in [5.74, 6) is -6.16. The Bertz CT molecular complexity index is 172. The Morgan fingerprint density at radius 1 is 0.842 bits per heavy atom. The largest absolute Gasteiger partial charge is 0.528 e. The van der Waals surface area contributed by atoms with Crippen LogP contribution in [0.5, 0.6) is 0 Å². The van der Waals surface area contributed by atoms with Crippen molar-refractivity contribution < 1.29 is 27.0 Å². The molecule has 0 amide bonds. The van der Waals surface area contributed by atoms with E-state index < -0.39 is 25.1 Å². The smallest absolute Gasteiger partial charge is 0.153 e. The van der Waals surface area contributed by atoms with Gasteiger partial charge in [-0.05, 0) is 13.3 Å². The Hall–Kier alpha value is -5.36. The number of hydrogen-bond acceptors (Lipinski definition) is 2. The number of ether oxygens (including phenoxy) is 2. The first-order valence-corrected chi connectivity index (χ1v) is 3.94. The van der Waals surface area contributed by atoms with Crippen LogP contribution in [0.1, 0.15) is 20.3 Å². The van der Waals surface area contributed by atoms with E-state index in [1.54, 1.807) is 0 Å². The fraction of sp³-hybridized carbons (Fsp3) is 0.750. The van der Waals surface area contributed by atoms with Crippen LogP contribution in [0.4, 0.5) is 17.6 Å². The zero-order chi connectivity index (χ0) is 11.2. The van der Waals surface area contributed by atoms with Gasteiger partial charge < -0.3 is 9.47 Å². The quantitative estimate of drug-likeness (QED) is 0.169. The Balaban J connectivity index is -0.0000000845. The van der Waals surface area contributed by atoms with Crippen LogP contribution < -0.4 is 0 Å². The molecule has 0 unspecified atom stereocenters. The molecule has 0 aromatic carbocycles.